The van der Waals surface area contributed by atoms with Gasteiger partial charge in [0, 0.05) is 0 Å². The fourth-order valence-electron chi connectivity index (χ4n) is 1.35. The normalized spacial score (nSPS) is 10.8. The number of phenolic OH excluding ortho intramolecular Hbond substituents is 1. The minimum Gasteiger partial charge on any atom is -0.506 e. The van der Waals surface area contributed by atoms with Gasteiger partial charge in [0.1, 0.15) is 5.75 Å². The summed E-state index contributed by atoms with van der Waals surface area (Å²) in [6, 6.07) is 13.5. The van der Waals surface area contributed by atoms with Crippen molar-refractivity contribution in [3.05, 3.63) is 55.2 Å². The Hall–Kier alpha value is -0.830. The molecule has 0 atom stereocenters. The zero-order valence-corrected chi connectivity index (χ0v) is 13.6. The molecular weight excluding hydrogens is 454 g/mol. The SMILES string of the molecule is Oc1c(I)cc(C=NNc2ccccc2)cc1I. The Morgan fingerprint density at radius 2 is 1.67 bits per heavy atom. The van der Waals surface area contributed by atoms with Gasteiger partial charge in [-0.25, -0.2) is 0 Å². The maximum absolute atomic E-state index is 9.66. The predicted octanol–water partition coefficient (Wildman–Crippen LogP) is 4.05. The first-order valence-electron chi connectivity index (χ1n) is 5.19. The molecule has 0 fully saturated rings. The molecule has 0 radical (unpaired) electrons. The molecule has 2 rings (SSSR count). The lowest BCUT2D eigenvalue weighted by atomic mass is 10.2. The Kier molecular flexibility index (Phi) is 4.81. The standard InChI is InChI=1S/C13H10I2N2O/c14-11-6-9(7-12(15)13(11)18)8-16-17-10-4-2-1-3-5-10/h1-8,17-18H. The Morgan fingerprint density at radius 3 is 2.28 bits per heavy atom. The molecule has 2 aromatic rings. The molecule has 0 aliphatic carbocycles. The van der Waals surface area contributed by atoms with Crippen molar-refractivity contribution in [2.24, 2.45) is 5.10 Å². The Balaban J connectivity index is 2.10. The number of nitrogens with zero attached hydrogens (tertiary/aromatic N) is 1. The Morgan fingerprint density at radius 1 is 1.06 bits per heavy atom. The molecule has 0 heterocycles. The Bertz CT molecular complexity index is 547. The van der Waals surface area contributed by atoms with E-state index in [2.05, 4.69) is 55.7 Å². The first kappa shape index (κ1) is 13.6. The quantitative estimate of drug-likeness (QED) is 0.410. The summed E-state index contributed by atoms with van der Waals surface area (Å²) >= 11 is 4.20. The third kappa shape index (κ3) is 3.58. The third-order valence-corrected chi connectivity index (χ3v) is 3.86. The van der Waals surface area contributed by atoms with E-state index in [-0.39, 0.29) is 0 Å². The highest BCUT2D eigenvalue weighted by Crippen LogP contribution is 2.26. The fourth-order valence-corrected chi connectivity index (χ4v) is 3.17. The summed E-state index contributed by atoms with van der Waals surface area (Å²) < 4.78 is 1.64. The highest BCUT2D eigenvalue weighted by atomic mass is 127. The molecule has 0 unspecified atom stereocenters. The molecule has 0 aliphatic rings. The van der Waals surface area contributed by atoms with E-state index in [1.165, 1.54) is 0 Å². The topological polar surface area (TPSA) is 44.6 Å². The van der Waals surface area contributed by atoms with Gasteiger partial charge in [0.15, 0.2) is 0 Å². The van der Waals surface area contributed by atoms with Crippen LogP contribution in [-0.4, -0.2) is 11.3 Å². The van der Waals surface area contributed by atoms with Gasteiger partial charge < -0.3 is 5.11 Å². The van der Waals surface area contributed by atoms with Crippen LogP contribution < -0.4 is 5.43 Å². The molecule has 2 aromatic carbocycles. The van der Waals surface area contributed by atoms with E-state index < -0.39 is 0 Å². The molecule has 0 aromatic heterocycles. The van der Waals surface area contributed by atoms with Crippen LogP contribution in [0, 0.1) is 7.14 Å². The maximum atomic E-state index is 9.66. The molecule has 0 amide bonds. The van der Waals surface area contributed by atoms with Crippen LogP contribution in [0.25, 0.3) is 0 Å². The van der Waals surface area contributed by atoms with E-state index in [9.17, 15) is 5.11 Å². The van der Waals surface area contributed by atoms with E-state index >= 15 is 0 Å². The van der Waals surface area contributed by atoms with E-state index in [1.54, 1.807) is 6.21 Å². The summed E-state index contributed by atoms with van der Waals surface area (Å²) in [5.74, 6) is 0.323. The first-order chi connectivity index (χ1) is 8.66. The maximum Gasteiger partial charge on any atom is 0.142 e. The molecule has 3 nitrogen and oxygen atoms in total. The number of benzene rings is 2. The number of para-hydroxylation sites is 1. The molecule has 0 saturated carbocycles. The summed E-state index contributed by atoms with van der Waals surface area (Å²) in [7, 11) is 0. The van der Waals surface area contributed by atoms with Gasteiger partial charge >= 0.3 is 0 Å². The second-order valence-corrected chi connectivity index (χ2v) is 5.89. The third-order valence-electron chi connectivity index (χ3n) is 2.22. The van der Waals surface area contributed by atoms with Crippen molar-refractivity contribution in [1.29, 1.82) is 0 Å². The minimum atomic E-state index is 0.323. The van der Waals surface area contributed by atoms with Crippen LogP contribution in [-0.2, 0) is 0 Å². The fraction of sp³-hybridized carbons (Fsp3) is 0. The summed E-state index contributed by atoms with van der Waals surface area (Å²) in [5.41, 5.74) is 4.84. The van der Waals surface area contributed by atoms with Crippen LogP contribution in [0.4, 0.5) is 5.69 Å². The lowest BCUT2D eigenvalue weighted by Crippen LogP contribution is -1.92. The molecule has 92 valence electrons. The summed E-state index contributed by atoms with van der Waals surface area (Å²) in [6.45, 7) is 0. The number of phenols is 1. The molecule has 0 saturated heterocycles. The average molecular weight is 464 g/mol. The number of aromatic hydroxyl groups is 1. The van der Waals surface area contributed by atoms with Gasteiger partial charge in [-0.3, -0.25) is 5.43 Å². The van der Waals surface area contributed by atoms with Crippen molar-refractivity contribution in [3.8, 4) is 5.75 Å². The number of hydrazone groups is 1. The van der Waals surface area contributed by atoms with Crippen molar-refractivity contribution >= 4 is 57.1 Å². The number of halogens is 2. The summed E-state index contributed by atoms with van der Waals surface area (Å²) in [4.78, 5) is 0. The van der Waals surface area contributed by atoms with E-state index in [0.29, 0.717) is 5.75 Å². The molecular formula is C13H10I2N2O. The molecule has 0 spiro atoms. The minimum absolute atomic E-state index is 0.323. The average Bonchev–Trinajstić information content (AvgIpc) is 2.37. The van der Waals surface area contributed by atoms with Crippen LogP contribution in [0.1, 0.15) is 5.56 Å². The van der Waals surface area contributed by atoms with Gasteiger partial charge in [0.05, 0.1) is 19.0 Å². The van der Waals surface area contributed by atoms with Crippen molar-refractivity contribution in [2.75, 3.05) is 5.43 Å². The highest BCUT2D eigenvalue weighted by molar-refractivity contribution is 14.1. The number of rotatable bonds is 3. The molecule has 18 heavy (non-hydrogen) atoms. The van der Waals surface area contributed by atoms with Crippen molar-refractivity contribution in [2.45, 2.75) is 0 Å². The first-order valence-corrected chi connectivity index (χ1v) is 7.34. The van der Waals surface area contributed by atoms with Crippen LogP contribution in [0.5, 0.6) is 5.75 Å². The molecule has 2 N–H and O–H groups in total. The van der Waals surface area contributed by atoms with Gasteiger partial charge in [0.2, 0.25) is 0 Å². The number of nitrogens with one attached hydrogen (secondary N) is 1. The molecule has 0 aliphatic heterocycles. The lowest BCUT2D eigenvalue weighted by molar-refractivity contribution is 0.467. The van der Waals surface area contributed by atoms with E-state index in [4.69, 9.17) is 0 Å². The van der Waals surface area contributed by atoms with Crippen molar-refractivity contribution in [3.63, 3.8) is 0 Å². The van der Waals surface area contributed by atoms with Crippen LogP contribution in [0.15, 0.2) is 47.6 Å². The van der Waals surface area contributed by atoms with Crippen LogP contribution in [0.3, 0.4) is 0 Å². The second kappa shape index (κ2) is 6.37. The van der Waals surface area contributed by atoms with Crippen molar-refractivity contribution in [1.82, 2.24) is 0 Å². The highest BCUT2D eigenvalue weighted by Gasteiger charge is 2.04. The smallest absolute Gasteiger partial charge is 0.142 e. The van der Waals surface area contributed by atoms with Gasteiger partial charge in [-0.2, -0.15) is 5.10 Å². The lowest BCUT2D eigenvalue weighted by Gasteiger charge is -2.02. The van der Waals surface area contributed by atoms with Gasteiger partial charge in [-0.15, -0.1) is 0 Å². The van der Waals surface area contributed by atoms with E-state index in [1.807, 2.05) is 42.5 Å². The monoisotopic (exact) mass is 464 g/mol. The summed E-state index contributed by atoms with van der Waals surface area (Å²) in [6.07, 6.45) is 1.73. The molecule has 0 bridgehead atoms. The van der Waals surface area contributed by atoms with Gasteiger partial charge in [-0.05, 0) is 75.0 Å². The second-order valence-electron chi connectivity index (χ2n) is 3.57. The largest absolute Gasteiger partial charge is 0.506 e. The van der Waals surface area contributed by atoms with Gasteiger partial charge in [0.25, 0.3) is 0 Å². The van der Waals surface area contributed by atoms with Crippen molar-refractivity contribution < 1.29 is 5.11 Å². The number of anilines is 1. The molecule has 5 heteroatoms. The Labute approximate surface area is 133 Å². The predicted molar refractivity (Wildman–Crippen MR) is 91.2 cm³/mol. The number of hydrogen-bond acceptors (Lipinski definition) is 3. The van der Waals surface area contributed by atoms with E-state index in [0.717, 1.165) is 18.4 Å². The summed E-state index contributed by atoms with van der Waals surface area (Å²) in [5, 5.41) is 13.8. The zero-order valence-electron chi connectivity index (χ0n) is 9.27. The number of hydrogen-bond donors (Lipinski definition) is 2. The van der Waals surface area contributed by atoms with Crippen LogP contribution >= 0.6 is 45.2 Å². The van der Waals surface area contributed by atoms with Crippen LogP contribution in [0.2, 0.25) is 0 Å². The zero-order chi connectivity index (χ0) is 13.0. The van der Waals surface area contributed by atoms with Gasteiger partial charge in [-0.1, -0.05) is 18.2 Å².